The van der Waals surface area contributed by atoms with E-state index in [1.165, 1.54) is 36.8 Å². The molecule has 2 unspecified atom stereocenters. The van der Waals surface area contributed by atoms with Crippen LogP contribution < -0.4 is 5.32 Å². The Morgan fingerprint density at radius 1 is 1.25 bits per heavy atom. The zero-order valence-electron chi connectivity index (χ0n) is 13.2. The maximum absolute atomic E-state index is 9.34. The fraction of sp³-hybridized carbons (Fsp3) is 0.667. The van der Waals surface area contributed by atoms with Crippen molar-refractivity contribution >= 4 is 0 Å². The summed E-state index contributed by atoms with van der Waals surface area (Å²) in [6, 6.07) is 9.63. The Bertz CT molecular complexity index is 422. The third-order valence-corrected chi connectivity index (χ3v) is 4.48. The summed E-state index contributed by atoms with van der Waals surface area (Å²) in [5.41, 5.74) is 3.14. The van der Waals surface area contributed by atoms with E-state index in [0.29, 0.717) is 12.1 Å². The highest BCUT2D eigenvalue weighted by Crippen LogP contribution is 2.32. The molecule has 0 spiro atoms. The normalized spacial score (nSPS) is 21.1. The summed E-state index contributed by atoms with van der Waals surface area (Å²) in [5, 5.41) is 13.2. The number of nitrogens with one attached hydrogen (secondary N) is 1. The minimum absolute atomic E-state index is 0.171. The van der Waals surface area contributed by atoms with Crippen molar-refractivity contribution in [3.8, 4) is 0 Å². The lowest BCUT2D eigenvalue weighted by Gasteiger charge is -2.35. The monoisotopic (exact) mass is 275 g/mol. The van der Waals surface area contributed by atoms with E-state index in [0.717, 1.165) is 6.42 Å². The molecule has 0 saturated carbocycles. The maximum atomic E-state index is 9.34. The van der Waals surface area contributed by atoms with Crippen molar-refractivity contribution in [1.82, 2.24) is 5.32 Å². The van der Waals surface area contributed by atoms with Crippen molar-refractivity contribution in [2.45, 2.75) is 65.0 Å². The van der Waals surface area contributed by atoms with E-state index < -0.39 is 0 Å². The van der Waals surface area contributed by atoms with Crippen LogP contribution in [0.1, 0.15) is 63.6 Å². The summed E-state index contributed by atoms with van der Waals surface area (Å²) in [6.45, 7) is 7.01. The summed E-state index contributed by atoms with van der Waals surface area (Å²) in [6.07, 6.45) is 5.80. The van der Waals surface area contributed by atoms with Crippen molar-refractivity contribution in [3.63, 3.8) is 0 Å². The summed E-state index contributed by atoms with van der Waals surface area (Å²) in [7, 11) is 0. The second-order valence-corrected chi connectivity index (χ2v) is 7.09. The molecule has 2 N–H and O–H groups in total. The van der Waals surface area contributed by atoms with Gasteiger partial charge in [0.15, 0.2) is 0 Å². The van der Waals surface area contributed by atoms with Crippen LogP contribution in [0.3, 0.4) is 0 Å². The molecule has 1 aliphatic rings. The first kappa shape index (κ1) is 15.5. The van der Waals surface area contributed by atoms with E-state index in [-0.39, 0.29) is 12.0 Å². The molecule has 112 valence electrons. The third-order valence-electron chi connectivity index (χ3n) is 4.48. The zero-order chi connectivity index (χ0) is 14.6. The molecule has 20 heavy (non-hydrogen) atoms. The summed E-state index contributed by atoms with van der Waals surface area (Å²) in [5.74, 6) is 0. The van der Waals surface area contributed by atoms with E-state index in [4.69, 9.17) is 0 Å². The molecule has 0 aliphatic heterocycles. The van der Waals surface area contributed by atoms with Crippen LogP contribution in [-0.2, 0) is 6.42 Å². The van der Waals surface area contributed by atoms with Gasteiger partial charge in [0.25, 0.3) is 0 Å². The second-order valence-electron chi connectivity index (χ2n) is 7.09. The van der Waals surface area contributed by atoms with Gasteiger partial charge >= 0.3 is 0 Å². The molecule has 0 bridgehead atoms. The van der Waals surface area contributed by atoms with E-state index in [9.17, 15) is 5.11 Å². The molecule has 0 amide bonds. The van der Waals surface area contributed by atoms with Crippen molar-refractivity contribution in [1.29, 1.82) is 0 Å². The molecule has 2 rings (SSSR count). The molecule has 1 aromatic carbocycles. The van der Waals surface area contributed by atoms with Gasteiger partial charge in [0, 0.05) is 18.7 Å². The van der Waals surface area contributed by atoms with Crippen LogP contribution in [0.5, 0.6) is 0 Å². The van der Waals surface area contributed by atoms with Gasteiger partial charge in [-0.2, -0.15) is 0 Å². The van der Waals surface area contributed by atoms with Gasteiger partial charge in [-0.15, -0.1) is 0 Å². The van der Waals surface area contributed by atoms with Crippen LogP contribution in [0.25, 0.3) is 0 Å². The van der Waals surface area contributed by atoms with Gasteiger partial charge in [-0.05, 0) is 42.2 Å². The van der Waals surface area contributed by atoms with Crippen molar-refractivity contribution in [3.05, 3.63) is 35.4 Å². The van der Waals surface area contributed by atoms with Gasteiger partial charge in [0.1, 0.15) is 0 Å². The van der Waals surface area contributed by atoms with Crippen LogP contribution in [-0.4, -0.2) is 17.8 Å². The van der Waals surface area contributed by atoms with E-state index >= 15 is 0 Å². The number of benzene rings is 1. The predicted octanol–water partition coefficient (Wildman–Crippen LogP) is 3.84. The molecule has 2 atom stereocenters. The fourth-order valence-corrected chi connectivity index (χ4v) is 3.23. The SMILES string of the molecule is CC(C)(C)C(CCO)NC1CCCCc2ccccc21. The predicted molar refractivity (Wildman–Crippen MR) is 84.8 cm³/mol. The standard InChI is InChI=1S/C18H29NO/c1-18(2,3)17(12-13-20)19-16-11-7-5-9-14-8-4-6-10-15(14)16/h4,6,8,10,16-17,19-20H,5,7,9,11-13H2,1-3H3. The van der Waals surface area contributed by atoms with Crippen molar-refractivity contribution in [2.75, 3.05) is 6.61 Å². The van der Waals surface area contributed by atoms with Crippen LogP contribution in [0.15, 0.2) is 24.3 Å². The molecule has 0 aromatic heterocycles. The van der Waals surface area contributed by atoms with Gasteiger partial charge in [0.05, 0.1) is 0 Å². The lowest BCUT2D eigenvalue weighted by atomic mass is 9.83. The van der Waals surface area contributed by atoms with Crippen molar-refractivity contribution < 1.29 is 5.11 Å². The molecule has 2 heteroatoms. The zero-order valence-corrected chi connectivity index (χ0v) is 13.2. The lowest BCUT2D eigenvalue weighted by molar-refractivity contribution is 0.183. The topological polar surface area (TPSA) is 32.3 Å². The first-order valence-electron chi connectivity index (χ1n) is 7.97. The van der Waals surface area contributed by atoms with Gasteiger partial charge in [-0.1, -0.05) is 51.5 Å². The minimum Gasteiger partial charge on any atom is -0.396 e. The summed E-state index contributed by atoms with van der Waals surface area (Å²) >= 11 is 0. The Hall–Kier alpha value is -0.860. The van der Waals surface area contributed by atoms with Crippen LogP contribution in [0.4, 0.5) is 0 Å². The van der Waals surface area contributed by atoms with Crippen LogP contribution in [0, 0.1) is 5.41 Å². The van der Waals surface area contributed by atoms with E-state index in [2.05, 4.69) is 50.4 Å². The lowest BCUT2D eigenvalue weighted by Crippen LogP contribution is -2.43. The maximum Gasteiger partial charge on any atom is 0.0446 e. The Morgan fingerprint density at radius 2 is 2.00 bits per heavy atom. The Labute approximate surface area is 123 Å². The molecule has 2 nitrogen and oxygen atoms in total. The molecule has 1 aromatic rings. The largest absolute Gasteiger partial charge is 0.396 e. The number of fused-ring (bicyclic) bond motifs is 1. The second kappa shape index (κ2) is 6.73. The highest BCUT2D eigenvalue weighted by atomic mass is 16.3. The van der Waals surface area contributed by atoms with Crippen LogP contribution in [0.2, 0.25) is 0 Å². The third kappa shape index (κ3) is 3.83. The highest BCUT2D eigenvalue weighted by Gasteiger charge is 2.28. The molecule has 0 saturated heterocycles. The van der Waals surface area contributed by atoms with Gasteiger partial charge in [0.2, 0.25) is 0 Å². The number of aryl methyl sites for hydroxylation is 1. The fourth-order valence-electron chi connectivity index (χ4n) is 3.23. The first-order chi connectivity index (χ1) is 9.52. The number of aliphatic hydroxyl groups excluding tert-OH is 1. The molecule has 1 aliphatic carbocycles. The van der Waals surface area contributed by atoms with E-state index in [1.807, 2.05) is 0 Å². The van der Waals surface area contributed by atoms with Crippen LogP contribution >= 0.6 is 0 Å². The average Bonchev–Trinajstić information content (AvgIpc) is 2.60. The van der Waals surface area contributed by atoms with Crippen molar-refractivity contribution in [2.24, 2.45) is 5.41 Å². The van der Waals surface area contributed by atoms with Gasteiger partial charge in [-0.3, -0.25) is 0 Å². The molecule has 0 heterocycles. The summed E-state index contributed by atoms with van der Waals surface area (Å²) in [4.78, 5) is 0. The number of rotatable bonds is 4. The Balaban J connectivity index is 2.19. The van der Waals surface area contributed by atoms with Gasteiger partial charge < -0.3 is 10.4 Å². The Morgan fingerprint density at radius 3 is 2.70 bits per heavy atom. The number of hydrogen-bond donors (Lipinski definition) is 2. The number of aliphatic hydroxyl groups is 1. The molecule has 0 fully saturated rings. The smallest absolute Gasteiger partial charge is 0.0446 e. The first-order valence-corrected chi connectivity index (χ1v) is 7.97. The van der Waals surface area contributed by atoms with Gasteiger partial charge in [-0.25, -0.2) is 0 Å². The quantitative estimate of drug-likeness (QED) is 0.818. The molecular weight excluding hydrogens is 246 g/mol. The van der Waals surface area contributed by atoms with E-state index in [1.54, 1.807) is 0 Å². The Kier molecular flexibility index (Phi) is 5.22. The molecular formula is C18H29NO. The molecule has 0 radical (unpaired) electrons. The number of hydrogen-bond acceptors (Lipinski definition) is 2. The minimum atomic E-state index is 0.171. The average molecular weight is 275 g/mol. The highest BCUT2D eigenvalue weighted by molar-refractivity contribution is 5.31. The summed E-state index contributed by atoms with van der Waals surface area (Å²) < 4.78 is 0.